The first-order valence-corrected chi connectivity index (χ1v) is 7.02. The number of hydrogen-bond acceptors (Lipinski definition) is 2. The molecule has 2 nitrogen and oxygen atoms in total. The summed E-state index contributed by atoms with van der Waals surface area (Å²) < 4.78 is 0. The van der Waals surface area contributed by atoms with Crippen LogP contribution in [0.1, 0.15) is 13.3 Å². The molecule has 0 spiro atoms. The van der Waals surface area contributed by atoms with E-state index in [2.05, 4.69) is 20.0 Å². The van der Waals surface area contributed by atoms with Gasteiger partial charge in [-0.2, -0.15) is 0 Å². The van der Waals surface area contributed by atoms with Crippen LogP contribution in [0.15, 0.2) is 0 Å². The number of nitrogens with two attached hydrogens (primary N) is 2. The lowest BCUT2D eigenvalue weighted by atomic mass is 10.2. The smallest absolute Gasteiger partial charge is 0.0356 e. The zero-order valence-corrected chi connectivity index (χ0v) is 8.46. The minimum Gasteiger partial charge on any atom is -0.330 e. The van der Waals surface area contributed by atoms with Crippen molar-refractivity contribution < 1.29 is 0 Å². The minimum absolute atomic E-state index is 0.343. The van der Waals surface area contributed by atoms with Gasteiger partial charge in [-0.15, -0.1) is 0 Å². The summed E-state index contributed by atoms with van der Waals surface area (Å²) in [6, 6.07) is 0.343. The van der Waals surface area contributed by atoms with Gasteiger partial charge < -0.3 is 11.5 Å². The van der Waals surface area contributed by atoms with Crippen molar-refractivity contribution in [3.63, 3.8) is 0 Å². The van der Waals surface area contributed by atoms with E-state index in [9.17, 15) is 0 Å². The molecular formula is C7H20N2Si. The molecule has 0 aliphatic heterocycles. The molecule has 0 aliphatic rings. The highest BCUT2D eigenvalue weighted by atomic mass is 28.3. The molecule has 0 fully saturated rings. The highest BCUT2D eigenvalue weighted by Crippen LogP contribution is 2.17. The van der Waals surface area contributed by atoms with Gasteiger partial charge in [-0.3, -0.25) is 0 Å². The Labute approximate surface area is 65.6 Å². The standard InChI is InChI=1S/C7H20N2Si/c1-6(9)7(4-5-8)10(2)3/h6-7,10H,4-5,8-9H2,1-3H3. The van der Waals surface area contributed by atoms with Crippen LogP contribution in [-0.2, 0) is 0 Å². The maximum absolute atomic E-state index is 5.80. The molecule has 2 atom stereocenters. The fourth-order valence-electron chi connectivity index (χ4n) is 1.40. The Morgan fingerprint density at radius 2 is 1.90 bits per heavy atom. The Morgan fingerprint density at radius 1 is 1.40 bits per heavy atom. The second-order valence-corrected chi connectivity index (χ2v) is 6.69. The highest BCUT2D eigenvalue weighted by Gasteiger charge is 2.16. The van der Waals surface area contributed by atoms with E-state index in [4.69, 9.17) is 11.5 Å². The molecule has 0 saturated carbocycles. The van der Waals surface area contributed by atoms with E-state index in [-0.39, 0.29) is 0 Å². The molecule has 0 radical (unpaired) electrons. The summed E-state index contributed by atoms with van der Waals surface area (Å²) >= 11 is 0. The first-order chi connectivity index (χ1) is 4.59. The molecule has 0 bridgehead atoms. The van der Waals surface area contributed by atoms with Gasteiger partial charge in [0.2, 0.25) is 0 Å². The summed E-state index contributed by atoms with van der Waals surface area (Å²) in [6.07, 6.45) is 1.11. The zero-order chi connectivity index (χ0) is 8.15. The van der Waals surface area contributed by atoms with Crippen LogP contribution in [0, 0.1) is 0 Å². The van der Waals surface area contributed by atoms with Crippen LogP contribution in [0.5, 0.6) is 0 Å². The molecular weight excluding hydrogens is 140 g/mol. The Morgan fingerprint density at radius 3 is 2.00 bits per heavy atom. The molecule has 0 aromatic carbocycles. The van der Waals surface area contributed by atoms with Crippen molar-refractivity contribution in [2.24, 2.45) is 11.5 Å². The summed E-state index contributed by atoms with van der Waals surface area (Å²) in [5, 5.41) is 0. The summed E-state index contributed by atoms with van der Waals surface area (Å²) in [5.41, 5.74) is 12.0. The third-order valence-corrected chi connectivity index (χ3v) is 4.68. The van der Waals surface area contributed by atoms with Crippen molar-refractivity contribution in [2.45, 2.75) is 38.0 Å². The third kappa shape index (κ3) is 3.34. The summed E-state index contributed by atoms with van der Waals surface area (Å²) in [4.78, 5) is 0. The second-order valence-electron chi connectivity index (χ2n) is 3.34. The van der Waals surface area contributed by atoms with Gasteiger partial charge in [0, 0.05) is 14.8 Å². The Balaban J connectivity index is 3.73. The first kappa shape index (κ1) is 10.1. The van der Waals surface area contributed by atoms with Crippen LogP contribution in [0.2, 0.25) is 18.6 Å². The maximum atomic E-state index is 5.80. The van der Waals surface area contributed by atoms with Crippen molar-refractivity contribution in [1.82, 2.24) is 0 Å². The SMILES string of the molecule is CC(N)C(CCN)[SiH](C)C. The molecule has 0 saturated heterocycles. The van der Waals surface area contributed by atoms with Gasteiger partial charge in [0.25, 0.3) is 0 Å². The number of hydrogen-bond donors (Lipinski definition) is 2. The topological polar surface area (TPSA) is 52.0 Å². The molecule has 3 heteroatoms. The molecule has 62 valence electrons. The zero-order valence-electron chi connectivity index (χ0n) is 7.30. The number of rotatable bonds is 4. The molecule has 0 aromatic rings. The van der Waals surface area contributed by atoms with Crippen molar-refractivity contribution >= 4 is 8.80 Å². The summed E-state index contributed by atoms with van der Waals surface area (Å²) in [5.74, 6) is 0. The van der Waals surface area contributed by atoms with E-state index in [0.717, 1.165) is 18.5 Å². The van der Waals surface area contributed by atoms with Crippen LogP contribution in [-0.4, -0.2) is 21.4 Å². The van der Waals surface area contributed by atoms with Crippen molar-refractivity contribution in [3.05, 3.63) is 0 Å². The molecule has 4 N–H and O–H groups in total. The van der Waals surface area contributed by atoms with Crippen LogP contribution in [0.3, 0.4) is 0 Å². The Hall–Kier alpha value is 0.137. The summed E-state index contributed by atoms with van der Waals surface area (Å²) in [6.45, 7) is 7.55. The van der Waals surface area contributed by atoms with Gasteiger partial charge in [0.15, 0.2) is 0 Å². The van der Waals surface area contributed by atoms with Crippen molar-refractivity contribution in [1.29, 1.82) is 0 Å². The fraction of sp³-hybridized carbons (Fsp3) is 1.00. The predicted molar refractivity (Wildman–Crippen MR) is 49.9 cm³/mol. The molecule has 0 aromatic heterocycles. The van der Waals surface area contributed by atoms with E-state index in [1.165, 1.54) is 0 Å². The predicted octanol–water partition coefficient (Wildman–Crippen LogP) is 0.539. The monoisotopic (exact) mass is 160 g/mol. The third-order valence-electron chi connectivity index (χ3n) is 2.03. The van der Waals surface area contributed by atoms with Crippen LogP contribution < -0.4 is 11.5 Å². The van der Waals surface area contributed by atoms with Crippen molar-refractivity contribution in [3.8, 4) is 0 Å². The lowest BCUT2D eigenvalue weighted by Gasteiger charge is -2.22. The Kier molecular flexibility index (Phi) is 4.94. The van der Waals surface area contributed by atoms with Crippen LogP contribution in [0.25, 0.3) is 0 Å². The van der Waals surface area contributed by atoms with Crippen LogP contribution >= 0.6 is 0 Å². The van der Waals surface area contributed by atoms with E-state index in [1.807, 2.05) is 0 Å². The van der Waals surface area contributed by atoms with Gasteiger partial charge >= 0.3 is 0 Å². The van der Waals surface area contributed by atoms with E-state index < -0.39 is 8.80 Å². The van der Waals surface area contributed by atoms with Gasteiger partial charge in [0.05, 0.1) is 0 Å². The van der Waals surface area contributed by atoms with Crippen molar-refractivity contribution in [2.75, 3.05) is 6.54 Å². The lowest BCUT2D eigenvalue weighted by molar-refractivity contribution is 0.618. The minimum atomic E-state index is -0.566. The van der Waals surface area contributed by atoms with Crippen LogP contribution in [0.4, 0.5) is 0 Å². The molecule has 10 heavy (non-hydrogen) atoms. The quantitative estimate of drug-likeness (QED) is 0.590. The maximum Gasteiger partial charge on any atom is 0.0356 e. The second kappa shape index (κ2) is 4.88. The van der Waals surface area contributed by atoms with Gasteiger partial charge in [-0.1, -0.05) is 20.0 Å². The molecule has 2 unspecified atom stereocenters. The molecule has 0 aliphatic carbocycles. The van der Waals surface area contributed by atoms with E-state index in [0.29, 0.717) is 6.04 Å². The lowest BCUT2D eigenvalue weighted by Crippen LogP contribution is -2.31. The molecule has 0 heterocycles. The first-order valence-electron chi connectivity index (χ1n) is 4.05. The average molecular weight is 160 g/mol. The highest BCUT2D eigenvalue weighted by molar-refractivity contribution is 6.57. The largest absolute Gasteiger partial charge is 0.330 e. The molecule has 0 amide bonds. The average Bonchev–Trinajstić information content (AvgIpc) is 1.81. The van der Waals surface area contributed by atoms with Gasteiger partial charge in [-0.05, 0) is 18.5 Å². The van der Waals surface area contributed by atoms with E-state index >= 15 is 0 Å². The van der Waals surface area contributed by atoms with Gasteiger partial charge in [-0.25, -0.2) is 0 Å². The van der Waals surface area contributed by atoms with Gasteiger partial charge in [0.1, 0.15) is 0 Å². The summed E-state index contributed by atoms with van der Waals surface area (Å²) in [7, 11) is -0.566. The van der Waals surface area contributed by atoms with E-state index in [1.54, 1.807) is 0 Å². The Bertz CT molecular complexity index is 75.7. The molecule has 0 rings (SSSR count). The fourth-order valence-corrected chi connectivity index (χ4v) is 3.47. The normalized spacial score (nSPS) is 17.4.